The molecule has 0 fully saturated rings. The average molecular weight is 538 g/mol. The van der Waals surface area contributed by atoms with Gasteiger partial charge in [0.15, 0.2) is 5.70 Å². The van der Waals surface area contributed by atoms with E-state index < -0.39 is 5.97 Å². The van der Waals surface area contributed by atoms with E-state index in [9.17, 15) is 4.79 Å². The zero-order valence-electron chi connectivity index (χ0n) is 14.4. The summed E-state index contributed by atoms with van der Waals surface area (Å²) in [6, 6.07) is 17.2. The van der Waals surface area contributed by atoms with Crippen LogP contribution in [0.5, 0.6) is 5.75 Å². The largest absolute Gasteiger partial charge is 0.494 e. The zero-order valence-corrected chi connectivity index (χ0v) is 18.1. The lowest BCUT2D eigenvalue weighted by atomic mass is 10.2. The molecule has 3 rings (SSSR count). The van der Waals surface area contributed by atoms with Crippen molar-refractivity contribution in [2.45, 2.75) is 6.42 Å². The summed E-state index contributed by atoms with van der Waals surface area (Å²) >= 11 is 5.78. The topological polar surface area (TPSA) is 47.9 Å². The quantitative estimate of drug-likeness (QED) is 0.154. The van der Waals surface area contributed by atoms with Gasteiger partial charge in [-0.05, 0) is 48.4 Å². The molecule has 0 aliphatic carbocycles. The summed E-state index contributed by atoms with van der Waals surface area (Å²) in [4.78, 5) is 16.4. The van der Waals surface area contributed by atoms with Gasteiger partial charge in [0, 0.05) is 14.5 Å². The molecule has 0 bridgehead atoms. The number of carbonyl (C=O) groups is 1. The molecule has 4 nitrogen and oxygen atoms in total. The molecule has 0 saturated heterocycles. The molecular formula is C21H17BrINO3. The molecule has 0 atom stereocenters. The lowest BCUT2D eigenvalue weighted by Gasteiger charge is -2.05. The number of allylic oxidation sites excluding steroid dienone is 2. The molecule has 27 heavy (non-hydrogen) atoms. The molecule has 1 aliphatic heterocycles. The third-order valence-corrected chi connectivity index (χ3v) is 4.87. The minimum absolute atomic E-state index is 0.256. The van der Waals surface area contributed by atoms with Gasteiger partial charge in [0.25, 0.3) is 0 Å². The van der Waals surface area contributed by atoms with Crippen molar-refractivity contribution in [2.75, 3.05) is 11.0 Å². The molecule has 0 amide bonds. The van der Waals surface area contributed by atoms with Crippen molar-refractivity contribution in [1.82, 2.24) is 0 Å². The third kappa shape index (κ3) is 5.77. The van der Waals surface area contributed by atoms with Crippen molar-refractivity contribution in [3.8, 4) is 5.75 Å². The molecule has 0 unspecified atom stereocenters. The summed E-state index contributed by atoms with van der Waals surface area (Å²) < 4.78 is 12.7. The highest BCUT2D eigenvalue weighted by Crippen LogP contribution is 2.22. The Morgan fingerprint density at radius 2 is 1.89 bits per heavy atom. The first kappa shape index (κ1) is 19.8. The van der Waals surface area contributed by atoms with Crippen LogP contribution in [-0.4, -0.2) is 22.9 Å². The van der Waals surface area contributed by atoms with Crippen LogP contribution in [0.2, 0.25) is 0 Å². The van der Waals surface area contributed by atoms with E-state index in [0.29, 0.717) is 12.5 Å². The lowest BCUT2D eigenvalue weighted by molar-refractivity contribution is -0.130. The number of cyclic esters (lactones) is 1. The van der Waals surface area contributed by atoms with Crippen LogP contribution in [0.25, 0.3) is 6.08 Å². The minimum Gasteiger partial charge on any atom is -0.494 e. The van der Waals surface area contributed by atoms with Crippen LogP contribution in [0.15, 0.2) is 75.8 Å². The smallest absolute Gasteiger partial charge is 0.363 e. The van der Waals surface area contributed by atoms with Gasteiger partial charge in [-0.3, -0.25) is 0 Å². The first-order valence-corrected chi connectivity index (χ1v) is 10.7. The Balaban J connectivity index is 1.73. The second-order valence-electron chi connectivity index (χ2n) is 5.69. The number of rotatable bonds is 7. The van der Waals surface area contributed by atoms with Gasteiger partial charge in [0.05, 0.1) is 6.61 Å². The SMILES string of the molecule is O=C1OC(c2ccc(OCCCI)cc2)=N/C1=C\C(Br)=C\c1ccccc1. The van der Waals surface area contributed by atoms with Crippen LogP contribution >= 0.6 is 38.5 Å². The Morgan fingerprint density at radius 1 is 1.15 bits per heavy atom. The van der Waals surface area contributed by atoms with Crippen molar-refractivity contribution < 1.29 is 14.3 Å². The predicted molar refractivity (Wildman–Crippen MR) is 119 cm³/mol. The number of hydrogen-bond acceptors (Lipinski definition) is 4. The Kier molecular flexibility index (Phi) is 7.23. The molecule has 0 radical (unpaired) electrons. The first-order chi connectivity index (χ1) is 13.2. The molecule has 0 spiro atoms. The number of halogens is 2. The standard InChI is InChI=1S/C21H17BrINO3/c22-17(13-15-5-2-1-3-6-15)14-19-21(25)27-20(24-19)16-7-9-18(10-8-16)26-12-4-11-23/h1-3,5-10,13-14H,4,11-12H2/b17-13-,19-14-. The summed E-state index contributed by atoms with van der Waals surface area (Å²) in [6.45, 7) is 0.687. The minimum atomic E-state index is -0.467. The number of aliphatic imine (C=N–C) groups is 1. The third-order valence-electron chi connectivity index (χ3n) is 3.65. The average Bonchev–Trinajstić information content (AvgIpc) is 3.03. The van der Waals surface area contributed by atoms with Crippen LogP contribution in [-0.2, 0) is 9.53 Å². The van der Waals surface area contributed by atoms with Gasteiger partial charge < -0.3 is 9.47 Å². The maximum Gasteiger partial charge on any atom is 0.363 e. The number of alkyl halides is 1. The first-order valence-electron chi connectivity index (χ1n) is 8.40. The second kappa shape index (κ2) is 9.85. The highest BCUT2D eigenvalue weighted by Gasteiger charge is 2.24. The molecular weight excluding hydrogens is 521 g/mol. The molecule has 0 N–H and O–H groups in total. The molecule has 0 saturated carbocycles. The monoisotopic (exact) mass is 537 g/mol. The van der Waals surface area contributed by atoms with Gasteiger partial charge >= 0.3 is 5.97 Å². The van der Waals surface area contributed by atoms with Gasteiger partial charge in [-0.25, -0.2) is 9.79 Å². The van der Waals surface area contributed by atoms with Crippen LogP contribution in [0, 0.1) is 0 Å². The highest BCUT2D eigenvalue weighted by atomic mass is 127. The number of nitrogens with zero attached hydrogens (tertiary/aromatic N) is 1. The van der Waals surface area contributed by atoms with E-state index in [0.717, 1.165) is 32.2 Å². The maximum atomic E-state index is 12.1. The van der Waals surface area contributed by atoms with E-state index >= 15 is 0 Å². The summed E-state index contributed by atoms with van der Waals surface area (Å²) in [5.41, 5.74) is 2.01. The molecule has 1 heterocycles. The van der Waals surface area contributed by atoms with E-state index in [1.165, 1.54) is 0 Å². The number of esters is 1. The Labute approximate surface area is 180 Å². The molecule has 6 heteroatoms. The molecule has 2 aromatic carbocycles. The molecule has 138 valence electrons. The predicted octanol–water partition coefficient (Wildman–Crippen LogP) is 5.51. The van der Waals surface area contributed by atoms with Crippen molar-refractivity contribution in [3.05, 3.63) is 82.0 Å². The van der Waals surface area contributed by atoms with Gasteiger partial charge in [-0.15, -0.1) is 0 Å². The molecule has 1 aliphatic rings. The van der Waals surface area contributed by atoms with Crippen molar-refractivity contribution in [2.24, 2.45) is 4.99 Å². The summed E-state index contributed by atoms with van der Waals surface area (Å²) in [6.07, 6.45) is 4.58. The van der Waals surface area contributed by atoms with E-state index in [4.69, 9.17) is 9.47 Å². The van der Waals surface area contributed by atoms with Crippen molar-refractivity contribution in [1.29, 1.82) is 0 Å². The molecule has 0 aromatic heterocycles. The fourth-order valence-corrected chi connectivity index (χ4v) is 3.14. The van der Waals surface area contributed by atoms with Gasteiger partial charge in [-0.1, -0.05) is 68.9 Å². The van der Waals surface area contributed by atoms with E-state index in [1.807, 2.05) is 60.7 Å². The zero-order chi connectivity index (χ0) is 19.1. The van der Waals surface area contributed by atoms with Crippen LogP contribution in [0.4, 0.5) is 0 Å². The lowest BCUT2D eigenvalue weighted by Crippen LogP contribution is -2.05. The van der Waals surface area contributed by atoms with E-state index in [2.05, 4.69) is 43.5 Å². The normalized spacial score (nSPS) is 15.6. The Bertz CT molecular complexity index is 889. The van der Waals surface area contributed by atoms with Crippen LogP contribution in [0.3, 0.4) is 0 Å². The summed E-state index contributed by atoms with van der Waals surface area (Å²) in [5.74, 6) is 0.619. The van der Waals surface area contributed by atoms with E-state index in [-0.39, 0.29) is 5.70 Å². The Morgan fingerprint density at radius 3 is 2.59 bits per heavy atom. The molecule has 2 aromatic rings. The van der Waals surface area contributed by atoms with Gasteiger partial charge in [0.1, 0.15) is 5.75 Å². The van der Waals surface area contributed by atoms with Gasteiger partial charge in [0.2, 0.25) is 5.90 Å². The fourth-order valence-electron chi connectivity index (χ4n) is 2.35. The highest BCUT2D eigenvalue weighted by molar-refractivity contribution is 14.1. The number of ether oxygens (including phenoxy) is 2. The number of carbonyl (C=O) groups excluding carboxylic acids is 1. The Hall–Kier alpha value is -1.93. The maximum absolute atomic E-state index is 12.1. The van der Waals surface area contributed by atoms with Crippen LogP contribution < -0.4 is 4.74 Å². The van der Waals surface area contributed by atoms with Crippen molar-refractivity contribution >= 4 is 56.5 Å². The van der Waals surface area contributed by atoms with Crippen LogP contribution in [0.1, 0.15) is 17.5 Å². The van der Waals surface area contributed by atoms with E-state index in [1.54, 1.807) is 6.08 Å². The van der Waals surface area contributed by atoms with Crippen molar-refractivity contribution in [3.63, 3.8) is 0 Å². The second-order valence-corrected chi connectivity index (χ2v) is 7.69. The summed E-state index contributed by atoms with van der Waals surface area (Å²) in [5, 5.41) is 0. The van der Waals surface area contributed by atoms with Gasteiger partial charge in [-0.2, -0.15) is 0 Å². The number of benzene rings is 2. The number of hydrogen-bond donors (Lipinski definition) is 0. The summed E-state index contributed by atoms with van der Waals surface area (Å²) in [7, 11) is 0. The fraction of sp³-hybridized carbons (Fsp3) is 0.143.